The first-order valence-electron chi connectivity index (χ1n) is 4.92. The minimum atomic E-state index is -1.03. The van der Waals surface area contributed by atoms with Crippen molar-refractivity contribution < 1.29 is 15.0 Å². The van der Waals surface area contributed by atoms with Gasteiger partial charge in [-0.15, -0.1) is 0 Å². The number of aliphatic hydroxyl groups is 1. The summed E-state index contributed by atoms with van der Waals surface area (Å²) in [5.41, 5.74) is 0.415. The third-order valence-corrected chi connectivity index (χ3v) is 1.92. The molecule has 0 aliphatic rings. The smallest absolute Gasteiger partial charge is 0.306 e. The number of aliphatic carboxylic acids is 1. The molecule has 1 atom stereocenters. The Morgan fingerprint density at radius 1 is 1.60 bits per heavy atom. The first-order valence-corrected chi connectivity index (χ1v) is 4.92. The maximum Gasteiger partial charge on any atom is 0.306 e. The molecule has 0 aliphatic heterocycles. The molecule has 1 heterocycles. The van der Waals surface area contributed by atoms with Gasteiger partial charge in [0.1, 0.15) is 6.10 Å². The molecule has 0 saturated carbocycles. The second kappa shape index (κ2) is 4.93. The molecule has 5 heteroatoms. The zero-order valence-electron chi connectivity index (χ0n) is 8.92. The van der Waals surface area contributed by atoms with Gasteiger partial charge < -0.3 is 10.2 Å². The van der Waals surface area contributed by atoms with Gasteiger partial charge in [-0.3, -0.25) is 9.48 Å². The van der Waals surface area contributed by atoms with Crippen LogP contribution in [0, 0.1) is 5.92 Å². The molecule has 1 aromatic rings. The van der Waals surface area contributed by atoms with Gasteiger partial charge in [0, 0.05) is 12.7 Å². The van der Waals surface area contributed by atoms with Gasteiger partial charge in [-0.2, -0.15) is 5.10 Å². The van der Waals surface area contributed by atoms with E-state index in [0.717, 1.165) is 6.54 Å². The molecule has 0 aliphatic carbocycles. The highest BCUT2D eigenvalue weighted by atomic mass is 16.4. The number of aliphatic hydroxyl groups excluding tert-OH is 1. The van der Waals surface area contributed by atoms with Crippen LogP contribution in [0.3, 0.4) is 0 Å². The van der Waals surface area contributed by atoms with Gasteiger partial charge >= 0.3 is 5.97 Å². The first-order chi connectivity index (χ1) is 6.99. The summed E-state index contributed by atoms with van der Waals surface area (Å²) in [7, 11) is 0. The van der Waals surface area contributed by atoms with Crippen molar-refractivity contribution in [1.29, 1.82) is 0 Å². The Labute approximate surface area is 88.3 Å². The average molecular weight is 212 g/mol. The average Bonchev–Trinajstić information content (AvgIpc) is 2.50. The van der Waals surface area contributed by atoms with Crippen LogP contribution in [-0.4, -0.2) is 26.0 Å². The zero-order valence-corrected chi connectivity index (χ0v) is 8.92. The van der Waals surface area contributed by atoms with Crippen molar-refractivity contribution in [3.63, 3.8) is 0 Å². The molecular formula is C10H16N2O3. The third-order valence-electron chi connectivity index (χ3n) is 1.92. The van der Waals surface area contributed by atoms with Crippen LogP contribution in [-0.2, 0) is 11.3 Å². The van der Waals surface area contributed by atoms with E-state index in [1.165, 1.54) is 0 Å². The summed E-state index contributed by atoms with van der Waals surface area (Å²) in [6.45, 7) is 4.89. The van der Waals surface area contributed by atoms with Gasteiger partial charge in [-0.25, -0.2) is 0 Å². The van der Waals surface area contributed by atoms with Gasteiger partial charge in [0.15, 0.2) is 0 Å². The van der Waals surface area contributed by atoms with Crippen molar-refractivity contribution in [2.75, 3.05) is 0 Å². The van der Waals surface area contributed by atoms with Crippen molar-refractivity contribution >= 4 is 5.97 Å². The van der Waals surface area contributed by atoms with Crippen molar-refractivity contribution in [2.45, 2.75) is 32.9 Å². The predicted octanol–water partition coefficient (Wildman–Crippen LogP) is 1.05. The van der Waals surface area contributed by atoms with E-state index in [2.05, 4.69) is 18.9 Å². The summed E-state index contributed by atoms with van der Waals surface area (Å²) in [6, 6.07) is 1.65. The maximum atomic E-state index is 10.4. The molecule has 0 spiro atoms. The highest BCUT2D eigenvalue weighted by Gasteiger charge is 2.14. The van der Waals surface area contributed by atoms with Gasteiger partial charge in [0.05, 0.1) is 12.1 Å². The third kappa shape index (κ3) is 3.71. The van der Waals surface area contributed by atoms with Gasteiger partial charge in [-0.05, 0) is 12.0 Å². The number of carbonyl (C=O) groups is 1. The van der Waals surface area contributed by atoms with Crippen molar-refractivity contribution in [3.05, 3.63) is 18.0 Å². The fourth-order valence-electron chi connectivity index (χ4n) is 1.30. The molecule has 1 aromatic heterocycles. The second-order valence-electron chi connectivity index (χ2n) is 3.97. The molecule has 0 saturated heterocycles. The number of rotatable bonds is 5. The lowest BCUT2D eigenvalue weighted by molar-refractivity contribution is -0.139. The highest BCUT2D eigenvalue weighted by Crippen LogP contribution is 2.14. The van der Waals surface area contributed by atoms with Crippen molar-refractivity contribution in [2.24, 2.45) is 5.92 Å². The minimum absolute atomic E-state index is 0.307. The van der Waals surface area contributed by atoms with Crippen LogP contribution in [0.5, 0.6) is 0 Å². The van der Waals surface area contributed by atoms with E-state index in [1.54, 1.807) is 16.9 Å². The fraction of sp³-hybridized carbons (Fsp3) is 0.600. The Morgan fingerprint density at radius 2 is 2.27 bits per heavy atom. The molecule has 15 heavy (non-hydrogen) atoms. The lowest BCUT2D eigenvalue weighted by Crippen LogP contribution is -2.09. The lowest BCUT2D eigenvalue weighted by atomic mass is 10.2. The Morgan fingerprint density at radius 3 is 2.80 bits per heavy atom. The minimum Gasteiger partial charge on any atom is -0.481 e. The molecule has 0 aromatic carbocycles. The fourth-order valence-corrected chi connectivity index (χ4v) is 1.30. The van der Waals surface area contributed by atoms with E-state index in [-0.39, 0.29) is 6.42 Å². The highest BCUT2D eigenvalue weighted by molar-refractivity contribution is 5.67. The van der Waals surface area contributed by atoms with Gasteiger partial charge in [0.25, 0.3) is 0 Å². The molecule has 0 amide bonds. The number of hydrogen-bond donors (Lipinski definition) is 2. The summed E-state index contributed by atoms with van der Waals surface area (Å²) >= 11 is 0. The Kier molecular flexibility index (Phi) is 3.85. The van der Waals surface area contributed by atoms with E-state index in [9.17, 15) is 9.90 Å². The number of nitrogens with zero attached hydrogens (tertiary/aromatic N) is 2. The largest absolute Gasteiger partial charge is 0.481 e. The van der Waals surface area contributed by atoms with Crippen LogP contribution in [0.2, 0.25) is 0 Å². The van der Waals surface area contributed by atoms with Crippen molar-refractivity contribution in [1.82, 2.24) is 9.78 Å². The summed E-state index contributed by atoms with van der Waals surface area (Å²) in [6.07, 6.45) is 0.426. The molecule has 5 nitrogen and oxygen atoms in total. The summed E-state index contributed by atoms with van der Waals surface area (Å²) in [5, 5.41) is 22.1. The Hall–Kier alpha value is -1.36. The first kappa shape index (κ1) is 11.7. The quantitative estimate of drug-likeness (QED) is 0.764. The zero-order chi connectivity index (χ0) is 11.4. The van der Waals surface area contributed by atoms with Gasteiger partial charge in [-0.1, -0.05) is 13.8 Å². The molecule has 0 fully saturated rings. The Balaban J connectivity index is 2.62. The monoisotopic (exact) mass is 212 g/mol. The van der Waals surface area contributed by atoms with Crippen LogP contribution in [0.4, 0.5) is 0 Å². The summed E-state index contributed by atoms with van der Waals surface area (Å²) < 4.78 is 1.71. The van der Waals surface area contributed by atoms with E-state index < -0.39 is 12.1 Å². The Bertz CT molecular complexity index is 333. The van der Waals surface area contributed by atoms with Crippen LogP contribution in [0.25, 0.3) is 0 Å². The normalized spacial score (nSPS) is 13.1. The van der Waals surface area contributed by atoms with Crippen LogP contribution in [0.15, 0.2) is 12.3 Å². The molecule has 0 radical (unpaired) electrons. The molecule has 1 rings (SSSR count). The van der Waals surface area contributed by atoms with E-state index in [4.69, 9.17) is 5.11 Å². The second-order valence-corrected chi connectivity index (χ2v) is 3.97. The molecular weight excluding hydrogens is 196 g/mol. The molecule has 2 N–H and O–H groups in total. The SMILES string of the molecule is CC(C)Cn1ccc([C@H](O)CC(=O)O)n1. The maximum absolute atomic E-state index is 10.4. The number of carboxylic acids is 1. The van der Waals surface area contributed by atoms with Crippen LogP contribution >= 0.6 is 0 Å². The predicted molar refractivity (Wildman–Crippen MR) is 54.3 cm³/mol. The van der Waals surface area contributed by atoms with E-state index in [0.29, 0.717) is 11.6 Å². The van der Waals surface area contributed by atoms with Crippen LogP contribution in [0.1, 0.15) is 32.1 Å². The molecule has 0 bridgehead atoms. The van der Waals surface area contributed by atoms with E-state index >= 15 is 0 Å². The topological polar surface area (TPSA) is 75.4 Å². The summed E-state index contributed by atoms with van der Waals surface area (Å²) in [4.78, 5) is 10.4. The molecule has 0 unspecified atom stereocenters. The molecule has 84 valence electrons. The van der Waals surface area contributed by atoms with E-state index in [1.807, 2.05) is 0 Å². The van der Waals surface area contributed by atoms with Crippen LogP contribution < -0.4 is 0 Å². The van der Waals surface area contributed by atoms with Crippen molar-refractivity contribution in [3.8, 4) is 0 Å². The number of hydrogen-bond acceptors (Lipinski definition) is 3. The number of carboxylic acid groups (broad SMARTS) is 1. The summed E-state index contributed by atoms with van der Waals surface area (Å²) in [5.74, 6) is -0.560. The lowest BCUT2D eigenvalue weighted by Gasteiger charge is -2.05. The standard InChI is InChI=1S/C10H16N2O3/c1-7(2)6-12-4-3-8(11-12)9(13)5-10(14)15/h3-4,7,9,13H,5-6H2,1-2H3,(H,14,15)/t9-/m1/s1. The number of aromatic nitrogens is 2. The van der Waals surface area contributed by atoms with Gasteiger partial charge in [0.2, 0.25) is 0 Å².